The van der Waals surface area contributed by atoms with E-state index in [2.05, 4.69) is 25.4 Å². The maximum Gasteiger partial charge on any atom is 0.471 e. The highest BCUT2D eigenvalue weighted by atomic mass is 19.4. The van der Waals surface area contributed by atoms with E-state index in [0.29, 0.717) is 12.2 Å². The van der Waals surface area contributed by atoms with Gasteiger partial charge in [-0.15, -0.1) is 10.2 Å². The summed E-state index contributed by atoms with van der Waals surface area (Å²) in [6.45, 7) is 0.190. The summed E-state index contributed by atoms with van der Waals surface area (Å²) in [6, 6.07) is 0. The van der Waals surface area contributed by atoms with E-state index in [4.69, 9.17) is 5.73 Å². The van der Waals surface area contributed by atoms with Crippen LogP contribution in [-0.2, 0) is 11.3 Å². The molecule has 0 aromatic carbocycles. The van der Waals surface area contributed by atoms with Crippen LogP contribution in [0.25, 0.3) is 0 Å². The summed E-state index contributed by atoms with van der Waals surface area (Å²) in [5, 5.41) is 15.7. The number of H-pyrrole nitrogens is 1. The SMILES string of the molecule is Nc1[nH]ncc1/N=N/c1nccn1CCCNC(=O)C(F)(F)F. The third-order valence-electron chi connectivity index (χ3n) is 2.71. The number of nitrogen functional groups attached to an aromatic ring is 1. The van der Waals surface area contributed by atoms with Gasteiger partial charge in [-0.25, -0.2) is 4.98 Å². The highest BCUT2D eigenvalue weighted by molar-refractivity contribution is 5.81. The number of halogens is 3. The number of azo groups is 1. The fourth-order valence-corrected chi connectivity index (χ4v) is 1.60. The second kappa shape index (κ2) is 6.89. The number of hydrogen-bond donors (Lipinski definition) is 3. The first-order chi connectivity index (χ1) is 10.9. The summed E-state index contributed by atoms with van der Waals surface area (Å²) in [6.07, 6.45) is -0.147. The van der Waals surface area contributed by atoms with Crippen molar-refractivity contribution in [2.24, 2.45) is 10.2 Å². The van der Waals surface area contributed by atoms with Crippen LogP contribution in [0.2, 0.25) is 0 Å². The zero-order valence-electron chi connectivity index (χ0n) is 11.7. The number of anilines is 1. The van der Waals surface area contributed by atoms with Crippen molar-refractivity contribution in [2.75, 3.05) is 12.3 Å². The average Bonchev–Trinajstić information content (AvgIpc) is 3.09. The van der Waals surface area contributed by atoms with Crippen LogP contribution in [0.15, 0.2) is 28.8 Å². The quantitative estimate of drug-likeness (QED) is 0.550. The van der Waals surface area contributed by atoms with E-state index in [1.54, 1.807) is 16.1 Å². The van der Waals surface area contributed by atoms with Gasteiger partial charge in [-0.2, -0.15) is 18.3 Å². The summed E-state index contributed by atoms with van der Waals surface area (Å²) in [5.74, 6) is -1.45. The van der Waals surface area contributed by atoms with Crippen molar-refractivity contribution in [3.63, 3.8) is 0 Å². The van der Waals surface area contributed by atoms with Gasteiger partial charge in [0.1, 0.15) is 11.5 Å². The number of carbonyl (C=O) groups excluding carboxylic acids is 1. The number of amides is 1. The van der Waals surface area contributed by atoms with Crippen LogP contribution in [0.5, 0.6) is 0 Å². The minimum absolute atomic E-state index is 0.123. The van der Waals surface area contributed by atoms with Crippen LogP contribution >= 0.6 is 0 Å². The number of rotatable bonds is 6. The van der Waals surface area contributed by atoms with Crippen LogP contribution in [0, 0.1) is 0 Å². The largest absolute Gasteiger partial charge is 0.471 e. The van der Waals surface area contributed by atoms with Gasteiger partial charge < -0.3 is 15.6 Å². The highest BCUT2D eigenvalue weighted by Crippen LogP contribution is 2.20. The molecule has 1 amide bonds. The molecular formula is C11H13F3N8O. The maximum atomic E-state index is 12.0. The molecule has 2 rings (SSSR count). The zero-order valence-corrected chi connectivity index (χ0v) is 11.7. The molecule has 2 aromatic heterocycles. The number of nitrogens with one attached hydrogen (secondary N) is 2. The van der Waals surface area contributed by atoms with E-state index in [-0.39, 0.29) is 24.7 Å². The Kier molecular flexibility index (Phi) is 4.93. The smallest absolute Gasteiger partial charge is 0.382 e. The Bertz CT molecular complexity index is 690. The Morgan fingerprint density at radius 1 is 1.43 bits per heavy atom. The molecule has 0 aliphatic carbocycles. The lowest BCUT2D eigenvalue weighted by Crippen LogP contribution is -2.37. The van der Waals surface area contributed by atoms with Crippen molar-refractivity contribution >= 4 is 23.4 Å². The maximum absolute atomic E-state index is 12.0. The molecule has 0 aliphatic rings. The zero-order chi connectivity index (χ0) is 16.9. The van der Waals surface area contributed by atoms with E-state index in [1.165, 1.54) is 12.4 Å². The Balaban J connectivity index is 1.86. The van der Waals surface area contributed by atoms with Crippen LogP contribution in [0.3, 0.4) is 0 Å². The fourth-order valence-electron chi connectivity index (χ4n) is 1.60. The monoisotopic (exact) mass is 330 g/mol. The summed E-state index contributed by atoms with van der Waals surface area (Å²) < 4.78 is 37.6. The summed E-state index contributed by atoms with van der Waals surface area (Å²) in [7, 11) is 0. The Hall–Kier alpha value is -2.92. The molecule has 4 N–H and O–H groups in total. The number of aryl methyl sites for hydroxylation is 1. The van der Waals surface area contributed by atoms with Crippen LogP contribution < -0.4 is 11.1 Å². The number of nitrogens with two attached hydrogens (primary N) is 1. The lowest BCUT2D eigenvalue weighted by molar-refractivity contribution is -0.173. The first kappa shape index (κ1) is 16.5. The second-order valence-corrected chi connectivity index (χ2v) is 4.40. The second-order valence-electron chi connectivity index (χ2n) is 4.40. The number of alkyl halides is 3. The predicted molar refractivity (Wildman–Crippen MR) is 73.1 cm³/mol. The number of carbonyl (C=O) groups is 1. The molecule has 0 unspecified atom stereocenters. The molecule has 2 aromatic rings. The van der Waals surface area contributed by atoms with E-state index < -0.39 is 12.1 Å². The molecule has 23 heavy (non-hydrogen) atoms. The van der Waals surface area contributed by atoms with E-state index in [9.17, 15) is 18.0 Å². The average molecular weight is 330 g/mol. The Morgan fingerprint density at radius 2 is 2.22 bits per heavy atom. The van der Waals surface area contributed by atoms with Crippen LogP contribution in [0.4, 0.5) is 30.6 Å². The van der Waals surface area contributed by atoms with Crippen molar-refractivity contribution in [3.05, 3.63) is 18.6 Å². The van der Waals surface area contributed by atoms with Gasteiger partial charge in [0, 0.05) is 25.5 Å². The number of hydrogen-bond acceptors (Lipinski definition) is 6. The minimum atomic E-state index is -4.88. The fraction of sp³-hybridized carbons (Fsp3) is 0.364. The molecule has 0 bridgehead atoms. The van der Waals surface area contributed by atoms with Gasteiger partial charge >= 0.3 is 12.1 Å². The standard InChI is InChI=1S/C11H13F3N8O/c12-11(13,14)9(23)16-2-1-4-22-5-3-17-10(22)21-19-7-6-18-20-8(7)15/h3,5-6H,1-2,4H2,(H,16,23)(H3,15,18,20)/b21-19+. The third kappa shape index (κ3) is 4.52. The third-order valence-corrected chi connectivity index (χ3v) is 2.71. The van der Waals surface area contributed by atoms with Gasteiger partial charge in [-0.1, -0.05) is 0 Å². The van der Waals surface area contributed by atoms with Gasteiger partial charge in [0.05, 0.1) is 6.20 Å². The Labute approximate surface area is 127 Å². The first-order valence-electron chi connectivity index (χ1n) is 6.44. The van der Waals surface area contributed by atoms with Crippen LogP contribution in [-0.4, -0.2) is 38.4 Å². The molecule has 12 heteroatoms. The topological polar surface area (TPSA) is 126 Å². The lowest BCUT2D eigenvalue weighted by atomic mass is 10.4. The molecule has 124 valence electrons. The highest BCUT2D eigenvalue weighted by Gasteiger charge is 2.38. The summed E-state index contributed by atoms with van der Waals surface area (Å²) in [5.41, 5.74) is 5.89. The molecule has 0 spiro atoms. The van der Waals surface area contributed by atoms with Crippen molar-refractivity contribution in [3.8, 4) is 0 Å². The van der Waals surface area contributed by atoms with E-state index in [1.807, 2.05) is 0 Å². The van der Waals surface area contributed by atoms with Gasteiger partial charge in [0.2, 0.25) is 5.95 Å². The molecule has 0 saturated carbocycles. The first-order valence-corrected chi connectivity index (χ1v) is 6.44. The van der Waals surface area contributed by atoms with Crippen molar-refractivity contribution in [2.45, 2.75) is 19.1 Å². The molecule has 0 radical (unpaired) electrons. The van der Waals surface area contributed by atoms with E-state index in [0.717, 1.165) is 0 Å². The summed E-state index contributed by atoms with van der Waals surface area (Å²) in [4.78, 5) is 14.6. The van der Waals surface area contributed by atoms with Crippen molar-refractivity contribution in [1.29, 1.82) is 0 Å². The van der Waals surface area contributed by atoms with Crippen LogP contribution in [0.1, 0.15) is 6.42 Å². The number of aromatic amines is 1. The summed E-state index contributed by atoms with van der Waals surface area (Å²) >= 11 is 0. The van der Waals surface area contributed by atoms with E-state index >= 15 is 0 Å². The minimum Gasteiger partial charge on any atom is -0.382 e. The number of imidazole rings is 1. The lowest BCUT2D eigenvalue weighted by Gasteiger charge is -2.08. The van der Waals surface area contributed by atoms with Crippen molar-refractivity contribution < 1.29 is 18.0 Å². The predicted octanol–water partition coefficient (Wildman–Crippen LogP) is 1.67. The van der Waals surface area contributed by atoms with Gasteiger partial charge in [-0.05, 0) is 6.42 Å². The Morgan fingerprint density at radius 3 is 2.87 bits per heavy atom. The molecule has 0 saturated heterocycles. The molecule has 9 nitrogen and oxygen atoms in total. The number of nitrogens with zero attached hydrogens (tertiary/aromatic N) is 5. The van der Waals surface area contributed by atoms with Crippen molar-refractivity contribution in [1.82, 2.24) is 25.1 Å². The van der Waals surface area contributed by atoms with Gasteiger partial charge in [-0.3, -0.25) is 9.89 Å². The van der Waals surface area contributed by atoms with Gasteiger partial charge in [0.25, 0.3) is 0 Å². The molecule has 0 aliphatic heterocycles. The molecule has 0 atom stereocenters. The number of aromatic nitrogens is 4. The van der Waals surface area contributed by atoms with Gasteiger partial charge in [0.15, 0.2) is 0 Å². The normalized spacial score (nSPS) is 12.0. The molecular weight excluding hydrogens is 317 g/mol. The molecule has 0 fully saturated rings. The molecule has 2 heterocycles.